The van der Waals surface area contributed by atoms with Gasteiger partial charge in [-0.15, -0.1) is 11.3 Å². The van der Waals surface area contributed by atoms with E-state index in [0.717, 1.165) is 10.7 Å². The number of thiazole rings is 1. The van der Waals surface area contributed by atoms with E-state index in [4.69, 9.17) is 5.11 Å². The molecule has 0 bridgehead atoms. The van der Waals surface area contributed by atoms with Gasteiger partial charge < -0.3 is 10.0 Å². The molecule has 124 valence electrons. The van der Waals surface area contributed by atoms with Crippen molar-refractivity contribution in [2.45, 2.75) is 52.9 Å². The molecular weight excluding hydrogens is 300 g/mol. The lowest BCUT2D eigenvalue weighted by atomic mass is 9.98. The summed E-state index contributed by atoms with van der Waals surface area (Å²) in [6.07, 6.45) is 0.210. The molecule has 1 heterocycles. The first-order chi connectivity index (χ1) is 10.1. The third-order valence-electron chi connectivity index (χ3n) is 3.06. The molecule has 1 aromatic rings. The molecule has 1 amide bonds. The second-order valence-electron chi connectivity index (χ2n) is 6.95. The number of aromatic nitrogens is 1. The number of hydrogen-bond acceptors (Lipinski definition) is 4. The molecule has 0 spiro atoms. The highest BCUT2D eigenvalue weighted by Crippen LogP contribution is 2.25. The molecule has 6 heteroatoms. The van der Waals surface area contributed by atoms with E-state index in [9.17, 15) is 9.59 Å². The number of hydrogen-bond donors (Lipinski definition) is 1. The first kappa shape index (κ1) is 18.6. The summed E-state index contributed by atoms with van der Waals surface area (Å²) < 4.78 is 0. The lowest BCUT2D eigenvalue weighted by molar-refractivity contribution is -0.138. The molecular formula is C16H26N2O3S. The van der Waals surface area contributed by atoms with E-state index in [0.29, 0.717) is 12.5 Å². The molecule has 5 nitrogen and oxygen atoms in total. The van der Waals surface area contributed by atoms with Crippen LogP contribution in [-0.4, -0.2) is 40.0 Å². The quantitative estimate of drug-likeness (QED) is 0.836. The summed E-state index contributed by atoms with van der Waals surface area (Å²) in [6, 6.07) is 0. The van der Waals surface area contributed by atoms with Gasteiger partial charge in [-0.25, -0.2) is 4.98 Å². The monoisotopic (exact) mass is 326 g/mol. The van der Waals surface area contributed by atoms with E-state index in [1.54, 1.807) is 16.2 Å². The van der Waals surface area contributed by atoms with Crippen LogP contribution in [0.4, 0.5) is 0 Å². The van der Waals surface area contributed by atoms with Crippen LogP contribution in [0.3, 0.4) is 0 Å². The third kappa shape index (κ3) is 6.13. The molecule has 1 N–H and O–H groups in total. The number of rotatable bonds is 7. The molecule has 1 rings (SSSR count). The normalized spacial score (nSPS) is 11.7. The fourth-order valence-electron chi connectivity index (χ4n) is 1.99. The summed E-state index contributed by atoms with van der Waals surface area (Å²) in [6.45, 7) is 11.1. The van der Waals surface area contributed by atoms with E-state index in [-0.39, 0.29) is 30.7 Å². The summed E-state index contributed by atoms with van der Waals surface area (Å²) in [4.78, 5) is 29.3. The summed E-state index contributed by atoms with van der Waals surface area (Å²) in [5, 5.41) is 11.7. The molecule has 0 saturated carbocycles. The van der Waals surface area contributed by atoms with Gasteiger partial charge in [0.2, 0.25) is 5.91 Å². The van der Waals surface area contributed by atoms with Crippen LogP contribution in [-0.2, 0) is 21.4 Å². The Bertz CT molecular complexity index is 518. The zero-order chi connectivity index (χ0) is 16.9. The number of aliphatic carboxylic acids is 1. The number of amides is 1. The van der Waals surface area contributed by atoms with Crippen LogP contribution < -0.4 is 0 Å². The van der Waals surface area contributed by atoms with Crippen LogP contribution in [0, 0.1) is 5.92 Å². The van der Waals surface area contributed by atoms with Crippen molar-refractivity contribution in [2.24, 2.45) is 5.92 Å². The van der Waals surface area contributed by atoms with Gasteiger partial charge in [0.1, 0.15) is 0 Å². The smallest absolute Gasteiger partial charge is 0.305 e. The standard InChI is InChI=1S/C16H26N2O3S/c1-11(2)9-18(7-6-14(20)21)13(19)8-12-10-22-15(17-12)16(3,4)5/h10-11H,6-9H2,1-5H3,(H,20,21). The first-order valence-corrected chi connectivity index (χ1v) is 8.42. The van der Waals surface area contributed by atoms with Crippen molar-refractivity contribution in [1.29, 1.82) is 0 Å². The van der Waals surface area contributed by atoms with Crippen molar-refractivity contribution >= 4 is 23.2 Å². The second-order valence-corrected chi connectivity index (χ2v) is 7.81. The van der Waals surface area contributed by atoms with Gasteiger partial charge in [-0.05, 0) is 5.92 Å². The zero-order valence-electron chi connectivity index (χ0n) is 14.0. The minimum Gasteiger partial charge on any atom is -0.481 e. The maximum absolute atomic E-state index is 12.4. The summed E-state index contributed by atoms with van der Waals surface area (Å²) in [5.74, 6) is -0.635. The highest BCUT2D eigenvalue weighted by molar-refractivity contribution is 7.09. The number of carbonyl (C=O) groups excluding carboxylic acids is 1. The molecule has 0 aliphatic carbocycles. The van der Waals surface area contributed by atoms with Gasteiger partial charge in [-0.1, -0.05) is 34.6 Å². The third-order valence-corrected chi connectivity index (χ3v) is 4.38. The van der Waals surface area contributed by atoms with Gasteiger partial charge in [-0.3, -0.25) is 9.59 Å². The van der Waals surface area contributed by atoms with Crippen molar-refractivity contribution in [3.05, 3.63) is 16.1 Å². The van der Waals surface area contributed by atoms with Gasteiger partial charge in [0.25, 0.3) is 0 Å². The Balaban J connectivity index is 2.73. The first-order valence-electron chi connectivity index (χ1n) is 7.54. The topological polar surface area (TPSA) is 70.5 Å². The molecule has 0 aliphatic rings. The summed E-state index contributed by atoms with van der Waals surface area (Å²) in [7, 11) is 0. The van der Waals surface area contributed by atoms with Crippen molar-refractivity contribution in [3.63, 3.8) is 0 Å². The van der Waals surface area contributed by atoms with Crippen molar-refractivity contribution in [1.82, 2.24) is 9.88 Å². The van der Waals surface area contributed by atoms with E-state index in [1.807, 2.05) is 19.2 Å². The van der Waals surface area contributed by atoms with Gasteiger partial charge in [0.05, 0.1) is 23.5 Å². The SMILES string of the molecule is CC(C)CN(CCC(=O)O)C(=O)Cc1csc(C(C)(C)C)n1. The van der Waals surface area contributed by atoms with Crippen molar-refractivity contribution in [2.75, 3.05) is 13.1 Å². The molecule has 0 radical (unpaired) electrons. The Kier molecular flexibility index (Phi) is 6.53. The Morgan fingerprint density at radius 2 is 2.00 bits per heavy atom. The van der Waals surface area contributed by atoms with E-state index < -0.39 is 5.97 Å². The molecule has 0 atom stereocenters. The number of carboxylic acid groups (broad SMARTS) is 1. The lowest BCUT2D eigenvalue weighted by Crippen LogP contribution is -2.37. The Hall–Kier alpha value is -1.43. The molecule has 0 aromatic carbocycles. The maximum atomic E-state index is 12.4. The number of nitrogens with zero attached hydrogens (tertiary/aromatic N) is 2. The van der Waals surface area contributed by atoms with Crippen LogP contribution in [0.1, 0.15) is 51.7 Å². The van der Waals surface area contributed by atoms with Gasteiger partial charge >= 0.3 is 5.97 Å². The predicted octanol–water partition coefficient (Wildman–Crippen LogP) is 2.94. The minimum atomic E-state index is -0.884. The van der Waals surface area contributed by atoms with Crippen LogP contribution in [0.25, 0.3) is 0 Å². The van der Waals surface area contributed by atoms with Crippen LogP contribution in [0.2, 0.25) is 0 Å². The van der Waals surface area contributed by atoms with Gasteiger partial charge in [0, 0.05) is 23.9 Å². The second kappa shape index (κ2) is 7.72. The largest absolute Gasteiger partial charge is 0.481 e. The van der Waals surface area contributed by atoms with Gasteiger partial charge in [0.15, 0.2) is 0 Å². The van der Waals surface area contributed by atoms with E-state index >= 15 is 0 Å². The van der Waals surface area contributed by atoms with E-state index in [1.165, 1.54) is 0 Å². The predicted molar refractivity (Wildman–Crippen MR) is 88.2 cm³/mol. The Morgan fingerprint density at radius 3 is 2.45 bits per heavy atom. The average molecular weight is 326 g/mol. The van der Waals surface area contributed by atoms with Crippen LogP contribution in [0.5, 0.6) is 0 Å². The fourth-order valence-corrected chi connectivity index (χ4v) is 2.90. The summed E-state index contributed by atoms with van der Waals surface area (Å²) in [5.41, 5.74) is 0.747. The van der Waals surface area contributed by atoms with Gasteiger partial charge in [-0.2, -0.15) is 0 Å². The Labute approximate surface area is 136 Å². The molecule has 0 aliphatic heterocycles. The van der Waals surface area contributed by atoms with Crippen LogP contribution in [0.15, 0.2) is 5.38 Å². The maximum Gasteiger partial charge on any atom is 0.305 e. The molecule has 0 saturated heterocycles. The summed E-state index contributed by atoms with van der Waals surface area (Å²) >= 11 is 1.57. The van der Waals surface area contributed by atoms with Crippen molar-refractivity contribution in [3.8, 4) is 0 Å². The zero-order valence-corrected chi connectivity index (χ0v) is 14.9. The molecule has 1 aromatic heterocycles. The lowest BCUT2D eigenvalue weighted by Gasteiger charge is -2.23. The molecule has 0 fully saturated rings. The molecule has 22 heavy (non-hydrogen) atoms. The average Bonchev–Trinajstić information content (AvgIpc) is 2.82. The van der Waals surface area contributed by atoms with Crippen molar-refractivity contribution < 1.29 is 14.7 Å². The highest BCUT2D eigenvalue weighted by Gasteiger charge is 2.21. The number of carboxylic acids is 1. The van der Waals surface area contributed by atoms with Crippen LogP contribution >= 0.6 is 11.3 Å². The Morgan fingerprint density at radius 1 is 1.36 bits per heavy atom. The number of carbonyl (C=O) groups is 2. The van der Waals surface area contributed by atoms with E-state index in [2.05, 4.69) is 25.8 Å². The molecule has 0 unspecified atom stereocenters. The minimum absolute atomic E-state index is 0.0209. The highest BCUT2D eigenvalue weighted by atomic mass is 32.1. The fraction of sp³-hybridized carbons (Fsp3) is 0.688.